The molecule has 0 heterocycles. The predicted molar refractivity (Wildman–Crippen MR) is 42.0 cm³/mol. The number of hydrogen-bond donors (Lipinski definition) is 4. The predicted octanol–water partition coefficient (Wildman–Crippen LogP) is -2.74. The molecule has 5 N–H and O–H groups in total. The summed E-state index contributed by atoms with van der Waals surface area (Å²) in [7, 11) is 0. The van der Waals surface area contributed by atoms with Crippen molar-refractivity contribution in [2.45, 2.75) is 6.23 Å². The molecule has 0 rings (SSSR count). The first-order chi connectivity index (χ1) is 6.34. The second-order valence-electron chi connectivity index (χ2n) is 2.47. The topological polar surface area (TPSA) is 141 Å². The average molecular weight is 206 g/mol. The van der Waals surface area contributed by atoms with Crippen LogP contribution in [0.5, 0.6) is 0 Å². The minimum Gasteiger partial charge on any atom is -0.480 e. The molecule has 0 bridgehead atoms. The zero-order chi connectivity index (χ0) is 11.3. The molecule has 0 saturated heterocycles. The summed E-state index contributed by atoms with van der Waals surface area (Å²) in [4.78, 5) is 31.4. The Morgan fingerprint density at radius 2 is 1.50 bits per heavy atom. The maximum absolute atomic E-state index is 10.4. The first kappa shape index (κ1) is 12.3. The van der Waals surface area contributed by atoms with E-state index in [0.717, 1.165) is 0 Å². The van der Waals surface area contributed by atoms with Crippen molar-refractivity contribution >= 4 is 17.8 Å². The first-order valence-corrected chi connectivity index (χ1v) is 3.49. The highest BCUT2D eigenvalue weighted by Gasteiger charge is 2.24. The number of carbonyl (C=O) groups excluding carboxylic acids is 1. The summed E-state index contributed by atoms with van der Waals surface area (Å²) in [5.74, 6) is -3.94. The summed E-state index contributed by atoms with van der Waals surface area (Å²) in [5.41, 5.74) is 4.67. The van der Waals surface area contributed by atoms with Gasteiger partial charge in [-0.1, -0.05) is 0 Å². The van der Waals surface area contributed by atoms with E-state index in [1.165, 1.54) is 0 Å². The second-order valence-corrected chi connectivity index (χ2v) is 2.47. The highest BCUT2D eigenvalue weighted by atomic mass is 16.4. The molecule has 1 amide bonds. The standard InChI is InChI=1S/C6H10N2O6/c7-5(13)6(14)8(1-3(9)10)2-4(11)12/h6,14H,1-2H2,(H2,7,13)(H,9,10)(H,11,12). The van der Waals surface area contributed by atoms with Gasteiger partial charge in [0.1, 0.15) is 0 Å². The van der Waals surface area contributed by atoms with Crippen LogP contribution in [0.25, 0.3) is 0 Å². The van der Waals surface area contributed by atoms with Gasteiger partial charge in [0.2, 0.25) is 0 Å². The third-order valence-corrected chi connectivity index (χ3v) is 1.28. The Kier molecular flexibility index (Phi) is 4.53. The smallest absolute Gasteiger partial charge is 0.317 e. The molecule has 1 atom stereocenters. The van der Waals surface area contributed by atoms with Crippen molar-refractivity contribution in [3.63, 3.8) is 0 Å². The number of aliphatic hydroxyl groups is 1. The van der Waals surface area contributed by atoms with Gasteiger partial charge in [0.05, 0.1) is 13.1 Å². The van der Waals surface area contributed by atoms with Crippen LogP contribution in [0.2, 0.25) is 0 Å². The molecule has 1 unspecified atom stereocenters. The highest BCUT2D eigenvalue weighted by Crippen LogP contribution is 1.95. The molecule has 0 spiro atoms. The van der Waals surface area contributed by atoms with Crippen LogP contribution in [0.15, 0.2) is 0 Å². The fourth-order valence-electron chi connectivity index (χ4n) is 0.756. The third-order valence-electron chi connectivity index (χ3n) is 1.28. The van der Waals surface area contributed by atoms with Gasteiger partial charge in [0.25, 0.3) is 5.91 Å². The molecule has 0 aliphatic rings. The maximum atomic E-state index is 10.4. The Balaban J connectivity index is 4.45. The fraction of sp³-hybridized carbons (Fsp3) is 0.500. The van der Waals surface area contributed by atoms with Crippen LogP contribution in [0.4, 0.5) is 0 Å². The molecule has 0 fully saturated rings. The normalized spacial score (nSPS) is 12.4. The third kappa shape index (κ3) is 4.38. The second kappa shape index (κ2) is 5.14. The summed E-state index contributed by atoms with van der Waals surface area (Å²) in [6.45, 7) is -1.56. The van der Waals surface area contributed by atoms with Crippen LogP contribution in [0.3, 0.4) is 0 Å². The van der Waals surface area contributed by atoms with Crippen molar-refractivity contribution in [2.24, 2.45) is 5.73 Å². The van der Waals surface area contributed by atoms with E-state index < -0.39 is 37.2 Å². The minimum absolute atomic E-state index is 0.521. The van der Waals surface area contributed by atoms with Gasteiger partial charge in [-0.2, -0.15) is 0 Å². The molecule has 0 aliphatic heterocycles. The number of aliphatic carboxylic acids is 2. The molecule has 0 saturated carbocycles. The van der Waals surface area contributed by atoms with Crippen LogP contribution >= 0.6 is 0 Å². The Bertz CT molecular complexity index is 237. The van der Waals surface area contributed by atoms with Gasteiger partial charge in [-0.25, -0.2) is 4.90 Å². The number of nitrogens with two attached hydrogens (primary N) is 1. The van der Waals surface area contributed by atoms with Crippen LogP contribution in [-0.4, -0.2) is 57.4 Å². The Morgan fingerprint density at radius 1 is 1.14 bits per heavy atom. The monoisotopic (exact) mass is 206 g/mol. The fourth-order valence-corrected chi connectivity index (χ4v) is 0.756. The number of aliphatic hydroxyl groups excluding tert-OH is 1. The lowest BCUT2D eigenvalue weighted by atomic mass is 10.4. The molecule has 8 nitrogen and oxygen atoms in total. The van der Waals surface area contributed by atoms with E-state index in [0.29, 0.717) is 4.90 Å². The van der Waals surface area contributed by atoms with E-state index in [1.807, 2.05) is 0 Å². The summed E-state index contributed by atoms with van der Waals surface area (Å²) < 4.78 is 0. The lowest BCUT2D eigenvalue weighted by molar-refractivity contribution is -0.151. The van der Waals surface area contributed by atoms with Crippen LogP contribution < -0.4 is 5.73 Å². The molecule has 0 radical (unpaired) electrons. The lowest BCUT2D eigenvalue weighted by Gasteiger charge is -2.21. The quantitative estimate of drug-likeness (QED) is 0.345. The molecular formula is C6H10N2O6. The number of carboxylic acid groups (broad SMARTS) is 2. The van der Waals surface area contributed by atoms with Gasteiger partial charge in [0, 0.05) is 0 Å². The van der Waals surface area contributed by atoms with Crippen molar-refractivity contribution in [3.05, 3.63) is 0 Å². The minimum atomic E-state index is -1.91. The van der Waals surface area contributed by atoms with Crippen molar-refractivity contribution in [1.82, 2.24) is 4.90 Å². The molecule has 14 heavy (non-hydrogen) atoms. The van der Waals surface area contributed by atoms with Crippen molar-refractivity contribution in [2.75, 3.05) is 13.1 Å². The molecule has 0 aromatic carbocycles. The van der Waals surface area contributed by atoms with E-state index in [9.17, 15) is 14.4 Å². The number of primary amides is 1. The van der Waals surface area contributed by atoms with Gasteiger partial charge in [-0.05, 0) is 0 Å². The van der Waals surface area contributed by atoms with E-state index in [1.54, 1.807) is 0 Å². The number of rotatable bonds is 6. The summed E-state index contributed by atoms with van der Waals surface area (Å²) in [6.07, 6.45) is -1.91. The first-order valence-electron chi connectivity index (χ1n) is 3.49. The lowest BCUT2D eigenvalue weighted by Crippen LogP contribution is -2.48. The summed E-state index contributed by atoms with van der Waals surface area (Å²) >= 11 is 0. The molecule has 80 valence electrons. The largest absolute Gasteiger partial charge is 0.480 e. The van der Waals surface area contributed by atoms with E-state index in [2.05, 4.69) is 5.73 Å². The average Bonchev–Trinajstić information content (AvgIpc) is 1.99. The Hall–Kier alpha value is -1.67. The van der Waals surface area contributed by atoms with E-state index in [4.69, 9.17) is 15.3 Å². The number of hydrogen-bond acceptors (Lipinski definition) is 5. The molecular weight excluding hydrogens is 196 g/mol. The maximum Gasteiger partial charge on any atom is 0.317 e. The highest BCUT2D eigenvalue weighted by molar-refractivity contribution is 5.80. The number of nitrogens with zero attached hydrogens (tertiary/aromatic N) is 1. The number of carboxylic acids is 2. The van der Waals surface area contributed by atoms with Gasteiger partial charge in [0.15, 0.2) is 6.23 Å². The summed E-state index contributed by atoms with van der Waals surface area (Å²) in [5, 5.41) is 25.7. The van der Waals surface area contributed by atoms with Crippen LogP contribution in [0, 0.1) is 0 Å². The molecule has 0 aromatic rings. The number of amides is 1. The van der Waals surface area contributed by atoms with Gasteiger partial charge >= 0.3 is 11.9 Å². The van der Waals surface area contributed by atoms with Gasteiger partial charge < -0.3 is 21.1 Å². The van der Waals surface area contributed by atoms with E-state index >= 15 is 0 Å². The van der Waals surface area contributed by atoms with Crippen molar-refractivity contribution in [3.8, 4) is 0 Å². The van der Waals surface area contributed by atoms with Crippen LogP contribution in [0.1, 0.15) is 0 Å². The SMILES string of the molecule is NC(=O)C(O)N(CC(=O)O)CC(=O)O. The van der Waals surface area contributed by atoms with Crippen LogP contribution in [-0.2, 0) is 14.4 Å². The molecule has 0 aliphatic carbocycles. The van der Waals surface area contributed by atoms with Crippen molar-refractivity contribution < 1.29 is 29.7 Å². The Labute approximate surface area is 78.5 Å². The van der Waals surface area contributed by atoms with E-state index in [-0.39, 0.29) is 0 Å². The van der Waals surface area contributed by atoms with Gasteiger partial charge in [-0.15, -0.1) is 0 Å². The molecule has 8 heteroatoms. The van der Waals surface area contributed by atoms with Crippen molar-refractivity contribution in [1.29, 1.82) is 0 Å². The van der Waals surface area contributed by atoms with Gasteiger partial charge in [-0.3, -0.25) is 14.4 Å². The zero-order valence-electron chi connectivity index (χ0n) is 7.08. The zero-order valence-corrected chi connectivity index (χ0v) is 7.08. The number of carbonyl (C=O) groups is 3. The summed E-state index contributed by atoms with van der Waals surface area (Å²) in [6, 6.07) is 0. The Morgan fingerprint density at radius 3 is 1.71 bits per heavy atom. The molecule has 0 aromatic heterocycles.